The molecule has 1 heterocycles. The zero-order chi connectivity index (χ0) is 9.97. The van der Waals surface area contributed by atoms with Crippen molar-refractivity contribution >= 4 is 18.4 Å². The average molecular weight is 228 g/mol. The van der Waals surface area contributed by atoms with Gasteiger partial charge in [0, 0.05) is 6.04 Å². The molecule has 0 saturated carbocycles. The minimum absolute atomic E-state index is 0. The van der Waals surface area contributed by atoms with Crippen LogP contribution in [-0.2, 0) is 0 Å². The molecule has 2 N–H and O–H groups in total. The summed E-state index contributed by atoms with van der Waals surface area (Å²) >= 11 is 0. The molecule has 4 heteroatoms. The first-order valence-electron chi connectivity index (χ1n) is 4.84. The molecule has 1 aliphatic rings. The molecule has 2 rings (SSSR count). The minimum atomic E-state index is -0.865. The van der Waals surface area contributed by atoms with Crippen molar-refractivity contribution in [3.8, 4) is 0 Å². The highest BCUT2D eigenvalue weighted by molar-refractivity contribution is 5.87. The minimum Gasteiger partial charge on any atom is -0.478 e. The van der Waals surface area contributed by atoms with Crippen LogP contribution in [0.5, 0.6) is 0 Å². The number of carboxylic acids is 1. The molecule has 1 fully saturated rings. The fraction of sp³-hybridized carbons (Fsp3) is 0.364. The van der Waals surface area contributed by atoms with Crippen LogP contribution in [-0.4, -0.2) is 17.6 Å². The van der Waals surface area contributed by atoms with E-state index in [0.717, 1.165) is 13.0 Å². The molecule has 1 aromatic rings. The predicted molar refractivity (Wildman–Crippen MR) is 60.6 cm³/mol. The second-order valence-corrected chi connectivity index (χ2v) is 3.58. The van der Waals surface area contributed by atoms with Gasteiger partial charge in [0.2, 0.25) is 0 Å². The summed E-state index contributed by atoms with van der Waals surface area (Å²) in [5.74, 6) is -0.865. The Hall–Kier alpha value is -1.06. The highest BCUT2D eigenvalue weighted by Crippen LogP contribution is 2.22. The maximum absolute atomic E-state index is 10.6. The van der Waals surface area contributed by atoms with Gasteiger partial charge in [0.25, 0.3) is 0 Å². The van der Waals surface area contributed by atoms with Gasteiger partial charge in [-0.2, -0.15) is 0 Å². The van der Waals surface area contributed by atoms with Gasteiger partial charge in [0.05, 0.1) is 5.56 Å². The molecule has 0 bridgehead atoms. The lowest BCUT2D eigenvalue weighted by Gasteiger charge is -2.10. The number of aromatic carboxylic acids is 1. The molecule has 15 heavy (non-hydrogen) atoms. The number of halogens is 1. The van der Waals surface area contributed by atoms with Crippen molar-refractivity contribution < 1.29 is 9.90 Å². The van der Waals surface area contributed by atoms with Gasteiger partial charge in [-0.3, -0.25) is 0 Å². The Morgan fingerprint density at radius 3 is 2.47 bits per heavy atom. The van der Waals surface area contributed by atoms with Crippen LogP contribution in [0.3, 0.4) is 0 Å². The van der Waals surface area contributed by atoms with Crippen molar-refractivity contribution in [2.75, 3.05) is 6.54 Å². The van der Waals surface area contributed by atoms with E-state index in [4.69, 9.17) is 5.11 Å². The van der Waals surface area contributed by atoms with Crippen LogP contribution in [0.15, 0.2) is 24.3 Å². The summed E-state index contributed by atoms with van der Waals surface area (Å²) in [5, 5.41) is 12.1. The molecule has 0 radical (unpaired) electrons. The molecule has 1 aliphatic heterocycles. The summed E-state index contributed by atoms with van der Waals surface area (Å²) in [6, 6.07) is 7.53. The quantitative estimate of drug-likeness (QED) is 0.815. The molecule has 0 aliphatic carbocycles. The smallest absolute Gasteiger partial charge is 0.335 e. The Balaban J connectivity index is 0.00000112. The molecule has 1 saturated heterocycles. The topological polar surface area (TPSA) is 49.3 Å². The van der Waals surface area contributed by atoms with E-state index in [-0.39, 0.29) is 12.4 Å². The number of carbonyl (C=O) groups is 1. The van der Waals surface area contributed by atoms with E-state index in [2.05, 4.69) is 5.32 Å². The van der Waals surface area contributed by atoms with Crippen molar-refractivity contribution in [3.05, 3.63) is 35.4 Å². The highest BCUT2D eigenvalue weighted by Gasteiger charge is 2.15. The summed E-state index contributed by atoms with van der Waals surface area (Å²) < 4.78 is 0. The largest absolute Gasteiger partial charge is 0.478 e. The molecule has 3 nitrogen and oxygen atoms in total. The number of rotatable bonds is 2. The van der Waals surface area contributed by atoms with Gasteiger partial charge in [0.1, 0.15) is 0 Å². The van der Waals surface area contributed by atoms with Crippen LogP contribution < -0.4 is 5.32 Å². The number of hydrogen-bond acceptors (Lipinski definition) is 2. The van der Waals surface area contributed by atoms with Crippen molar-refractivity contribution in [3.63, 3.8) is 0 Å². The SMILES string of the molecule is Cl.O=C(O)c1ccc([C@@H]2CCCN2)cc1. The van der Waals surface area contributed by atoms with Crippen LogP contribution in [0.4, 0.5) is 0 Å². The summed E-state index contributed by atoms with van der Waals surface area (Å²) in [7, 11) is 0. The van der Waals surface area contributed by atoms with E-state index < -0.39 is 5.97 Å². The Morgan fingerprint density at radius 2 is 2.00 bits per heavy atom. The predicted octanol–water partition coefficient (Wildman–Crippen LogP) is 2.23. The van der Waals surface area contributed by atoms with Crippen LogP contribution in [0.25, 0.3) is 0 Å². The molecule has 0 aromatic heterocycles. The molecule has 0 unspecified atom stereocenters. The first kappa shape index (κ1) is 12.0. The third kappa shape index (κ3) is 2.70. The van der Waals surface area contributed by atoms with Crippen molar-refractivity contribution in [1.82, 2.24) is 5.32 Å². The Morgan fingerprint density at radius 1 is 1.33 bits per heavy atom. The Labute approximate surface area is 94.9 Å². The summed E-state index contributed by atoms with van der Waals surface area (Å²) in [4.78, 5) is 10.6. The maximum Gasteiger partial charge on any atom is 0.335 e. The van der Waals surface area contributed by atoms with Gasteiger partial charge in [-0.25, -0.2) is 4.79 Å². The van der Waals surface area contributed by atoms with E-state index in [1.807, 2.05) is 12.1 Å². The molecule has 1 aromatic carbocycles. The summed E-state index contributed by atoms with van der Waals surface area (Å²) in [6.07, 6.45) is 2.35. The number of nitrogens with one attached hydrogen (secondary N) is 1. The first-order chi connectivity index (χ1) is 6.77. The van der Waals surface area contributed by atoms with Gasteiger partial charge in [-0.05, 0) is 37.1 Å². The highest BCUT2D eigenvalue weighted by atomic mass is 35.5. The fourth-order valence-corrected chi connectivity index (χ4v) is 1.83. The standard InChI is InChI=1S/C11H13NO2.ClH/c13-11(14)9-5-3-8(4-6-9)10-2-1-7-12-10;/h3-6,10,12H,1-2,7H2,(H,13,14);1H/t10-;/m0./s1. The fourth-order valence-electron chi connectivity index (χ4n) is 1.83. The number of carboxylic acid groups (broad SMARTS) is 1. The monoisotopic (exact) mass is 227 g/mol. The van der Waals surface area contributed by atoms with Crippen LogP contribution in [0, 0.1) is 0 Å². The number of benzene rings is 1. The molecule has 1 atom stereocenters. The van der Waals surface area contributed by atoms with Crippen LogP contribution in [0.1, 0.15) is 34.8 Å². The second-order valence-electron chi connectivity index (χ2n) is 3.58. The lowest BCUT2D eigenvalue weighted by molar-refractivity contribution is 0.0697. The first-order valence-corrected chi connectivity index (χ1v) is 4.84. The normalized spacial score (nSPS) is 19.6. The van der Waals surface area contributed by atoms with Gasteiger partial charge in [-0.1, -0.05) is 12.1 Å². The van der Waals surface area contributed by atoms with Crippen molar-refractivity contribution in [2.45, 2.75) is 18.9 Å². The van der Waals surface area contributed by atoms with Crippen LogP contribution >= 0.6 is 12.4 Å². The number of hydrogen-bond donors (Lipinski definition) is 2. The van der Waals surface area contributed by atoms with E-state index in [1.54, 1.807) is 12.1 Å². The van der Waals surface area contributed by atoms with Crippen molar-refractivity contribution in [1.29, 1.82) is 0 Å². The van der Waals surface area contributed by atoms with Gasteiger partial charge in [0.15, 0.2) is 0 Å². The Bertz CT molecular complexity index is 331. The van der Waals surface area contributed by atoms with E-state index in [1.165, 1.54) is 12.0 Å². The lowest BCUT2D eigenvalue weighted by Crippen LogP contribution is -2.12. The Kier molecular flexibility index (Phi) is 4.12. The second kappa shape index (κ2) is 5.14. The molecule has 82 valence electrons. The lowest BCUT2D eigenvalue weighted by atomic mass is 10.0. The molecular weight excluding hydrogens is 214 g/mol. The average Bonchev–Trinajstić information content (AvgIpc) is 2.71. The molecule has 0 amide bonds. The third-order valence-corrected chi connectivity index (χ3v) is 2.62. The van der Waals surface area contributed by atoms with Crippen molar-refractivity contribution in [2.24, 2.45) is 0 Å². The van der Waals surface area contributed by atoms with Gasteiger partial charge >= 0.3 is 5.97 Å². The maximum atomic E-state index is 10.6. The molecular formula is C11H14ClNO2. The van der Waals surface area contributed by atoms with Gasteiger partial charge in [-0.15, -0.1) is 12.4 Å². The zero-order valence-corrected chi connectivity index (χ0v) is 9.09. The summed E-state index contributed by atoms with van der Waals surface area (Å²) in [5.41, 5.74) is 1.54. The third-order valence-electron chi connectivity index (χ3n) is 2.62. The summed E-state index contributed by atoms with van der Waals surface area (Å²) in [6.45, 7) is 1.06. The van der Waals surface area contributed by atoms with Crippen LogP contribution in [0.2, 0.25) is 0 Å². The zero-order valence-electron chi connectivity index (χ0n) is 8.27. The molecule has 0 spiro atoms. The van der Waals surface area contributed by atoms with E-state index in [0.29, 0.717) is 11.6 Å². The van der Waals surface area contributed by atoms with Gasteiger partial charge < -0.3 is 10.4 Å². The van der Waals surface area contributed by atoms with E-state index in [9.17, 15) is 4.79 Å². The van der Waals surface area contributed by atoms with E-state index >= 15 is 0 Å².